The van der Waals surface area contributed by atoms with Crippen LogP contribution in [0.1, 0.15) is 103 Å². The Bertz CT molecular complexity index is 667. The van der Waals surface area contributed by atoms with Gasteiger partial charge in [0, 0.05) is 6.04 Å². The highest BCUT2D eigenvalue weighted by molar-refractivity contribution is 5.88. The largest absolute Gasteiger partial charge is 0.480 e. The first-order valence-corrected chi connectivity index (χ1v) is 13.8. The molecule has 6 N–H and O–H groups in total. The summed E-state index contributed by atoms with van der Waals surface area (Å²) in [7, 11) is 0. The first-order valence-electron chi connectivity index (χ1n) is 13.8. The first-order chi connectivity index (χ1) is 16.5. The summed E-state index contributed by atoms with van der Waals surface area (Å²) in [5, 5.41) is 18.1. The number of carbonyl (C=O) groups is 3. The van der Waals surface area contributed by atoms with E-state index in [1.165, 1.54) is 51.4 Å². The third kappa shape index (κ3) is 8.43. The summed E-state index contributed by atoms with van der Waals surface area (Å²) >= 11 is 0. The molecule has 0 aromatic carbocycles. The number of nitrogens with two attached hydrogens (primary N) is 1. The SMILES string of the molecule is NCCCC[C@H](NC(=O)NC(CC1CCCCC1)C(=O)N[C@@H]1CCC2CCCCC2C1)C(=O)O. The van der Waals surface area contributed by atoms with E-state index in [1.54, 1.807) is 0 Å². The van der Waals surface area contributed by atoms with Crippen molar-refractivity contribution in [1.29, 1.82) is 0 Å². The van der Waals surface area contributed by atoms with Gasteiger partial charge in [0.25, 0.3) is 0 Å². The second kappa shape index (κ2) is 13.9. The smallest absolute Gasteiger partial charge is 0.326 e. The molecule has 8 nitrogen and oxygen atoms in total. The molecule has 0 radical (unpaired) electrons. The summed E-state index contributed by atoms with van der Waals surface area (Å²) in [6.45, 7) is 0.491. The Labute approximate surface area is 204 Å². The molecule has 0 bridgehead atoms. The van der Waals surface area contributed by atoms with E-state index >= 15 is 0 Å². The van der Waals surface area contributed by atoms with Crippen molar-refractivity contribution >= 4 is 17.9 Å². The molecule has 3 unspecified atom stereocenters. The van der Waals surface area contributed by atoms with E-state index in [0.717, 1.165) is 31.6 Å². The molecular weight excluding hydrogens is 432 g/mol. The van der Waals surface area contributed by atoms with Crippen molar-refractivity contribution in [3.05, 3.63) is 0 Å². The highest BCUT2D eigenvalue weighted by atomic mass is 16.4. The van der Waals surface area contributed by atoms with Crippen LogP contribution in [0, 0.1) is 17.8 Å². The summed E-state index contributed by atoms with van der Waals surface area (Å²) in [6, 6.07) is -2.02. The number of hydrogen-bond acceptors (Lipinski definition) is 4. The van der Waals surface area contributed by atoms with Crippen LogP contribution in [0.25, 0.3) is 0 Å². The zero-order valence-electron chi connectivity index (χ0n) is 20.7. The van der Waals surface area contributed by atoms with Gasteiger partial charge in [0.15, 0.2) is 0 Å². The predicted octanol–water partition coefficient (Wildman–Crippen LogP) is 3.68. The van der Waals surface area contributed by atoms with E-state index < -0.39 is 24.1 Å². The predicted molar refractivity (Wildman–Crippen MR) is 132 cm³/mol. The Morgan fingerprint density at radius 1 is 0.824 bits per heavy atom. The normalized spacial score (nSPS) is 27.1. The van der Waals surface area contributed by atoms with Gasteiger partial charge in [-0.15, -0.1) is 0 Å². The molecule has 3 aliphatic carbocycles. The Hall–Kier alpha value is -1.83. The second-order valence-electron chi connectivity index (χ2n) is 10.9. The van der Waals surface area contributed by atoms with E-state index in [4.69, 9.17) is 5.73 Å². The molecule has 3 fully saturated rings. The summed E-state index contributed by atoms with van der Waals surface area (Å²) in [4.78, 5) is 37.7. The number of fused-ring (bicyclic) bond motifs is 1. The number of aliphatic carboxylic acids is 1. The van der Waals surface area contributed by atoms with Crippen molar-refractivity contribution in [2.24, 2.45) is 23.5 Å². The lowest BCUT2D eigenvalue weighted by atomic mass is 9.69. The van der Waals surface area contributed by atoms with Crippen LogP contribution in [0.3, 0.4) is 0 Å². The van der Waals surface area contributed by atoms with E-state index in [2.05, 4.69) is 16.0 Å². The lowest BCUT2D eigenvalue weighted by Crippen LogP contribution is -2.55. The van der Waals surface area contributed by atoms with Gasteiger partial charge in [-0.2, -0.15) is 0 Å². The van der Waals surface area contributed by atoms with Crippen molar-refractivity contribution < 1.29 is 19.5 Å². The van der Waals surface area contributed by atoms with E-state index in [9.17, 15) is 19.5 Å². The Morgan fingerprint density at radius 3 is 2.21 bits per heavy atom. The average Bonchev–Trinajstić information content (AvgIpc) is 2.83. The fourth-order valence-corrected chi connectivity index (χ4v) is 6.40. The fraction of sp³-hybridized carbons (Fsp3) is 0.885. The molecule has 3 rings (SSSR count). The van der Waals surface area contributed by atoms with Gasteiger partial charge in [-0.1, -0.05) is 57.8 Å². The number of rotatable bonds is 11. The Balaban J connectivity index is 1.57. The molecule has 5 atom stereocenters. The molecule has 0 aliphatic heterocycles. The fourth-order valence-electron chi connectivity index (χ4n) is 6.40. The minimum absolute atomic E-state index is 0.116. The quantitative estimate of drug-likeness (QED) is 0.289. The maximum absolute atomic E-state index is 13.3. The van der Waals surface area contributed by atoms with Crippen LogP contribution in [0.4, 0.5) is 4.79 Å². The zero-order valence-corrected chi connectivity index (χ0v) is 20.7. The average molecular weight is 479 g/mol. The summed E-state index contributed by atoms with van der Waals surface area (Å²) < 4.78 is 0. The van der Waals surface area contributed by atoms with Crippen LogP contribution in [-0.4, -0.2) is 47.7 Å². The van der Waals surface area contributed by atoms with Crippen LogP contribution < -0.4 is 21.7 Å². The molecule has 0 saturated heterocycles. The number of nitrogens with one attached hydrogen (secondary N) is 3. The van der Waals surface area contributed by atoms with Crippen molar-refractivity contribution in [2.75, 3.05) is 6.54 Å². The molecule has 8 heteroatoms. The highest BCUT2D eigenvalue weighted by Crippen LogP contribution is 2.40. The maximum Gasteiger partial charge on any atom is 0.326 e. The molecule has 0 aromatic heterocycles. The van der Waals surface area contributed by atoms with Gasteiger partial charge in [0.05, 0.1) is 0 Å². The molecule has 194 valence electrons. The zero-order chi connectivity index (χ0) is 24.3. The van der Waals surface area contributed by atoms with Gasteiger partial charge >= 0.3 is 12.0 Å². The number of hydrogen-bond donors (Lipinski definition) is 5. The van der Waals surface area contributed by atoms with Crippen molar-refractivity contribution in [3.63, 3.8) is 0 Å². The van der Waals surface area contributed by atoms with Crippen molar-refractivity contribution in [3.8, 4) is 0 Å². The standard InChI is InChI=1S/C26H46N4O4/c27-15-7-6-12-22(25(32)33)29-26(34)30-23(16-18-8-2-1-3-9-18)24(31)28-21-14-13-19-10-4-5-11-20(19)17-21/h18-23H,1-17,27H2,(H,28,31)(H,32,33)(H2,29,30,34)/t19?,20?,21-,22+,23?/m1/s1. The van der Waals surface area contributed by atoms with E-state index in [0.29, 0.717) is 44.1 Å². The van der Waals surface area contributed by atoms with E-state index in [1.807, 2.05) is 0 Å². The summed E-state index contributed by atoms with van der Waals surface area (Å²) in [6.07, 6.45) is 16.5. The molecule has 34 heavy (non-hydrogen) atoms. The van der Waals surface area contributed by atoms with Gasteiger partial charge in [-0.25, -0.2) is 9.59 Å². The Kier molecular flexibility index (Phi) is 10.9. The van der Waals surface area contributed by atoms with Crippen LogP contribution in [-0.2, 0) is 9.59 Å². The number of urea groups is 1. The molecule has 3 amide bonds. The highest BCUT2D eigenvalue weighted by Gasteiger charge is 2.34. The van der Waals surface area contributed by atoms with Gasteiger partial charge in [0.2, 0.25) is 5.91 Å². The number of unbranched alkanes of at least 4 members (excludes halogenated alkanes) is 1. The second-order valence-corrected chi connectivity index (χ2v) is 10.9. The molecule has 0 spiro atoms. The van der Waals surface area contributed by atoms with Crippen LogP contribution in [0.2, 0.25) is 0 Å². The van der Waals surface area contributed by atoms with Gasteiger partial charge < -0.3 is 26.8 Å². The molecule has 0 heterocycles. The van der Waals surface area contributed by atoms with Crippen molar-refractivity contribution in [1.82, 2.24) is 16.0 Å². The topological polar surface area (TPSA) is 134 Å². The number of carboxylic acids is 1. The number of amides is 3. The lowest BCUT2D eigenvalue weighted by molar-refractivity contribution is -0.139. The van der Waals surface area contributed by atoms with Gasteiger partial charge in [0.1, 0.15) is 12.1 Å². The lowest BCUT2D eigenvalue weighted by Gasteiger charge is -2.40. The minimum atomic E-state index is -1.07. The molecule has 3 aliphatic rings. The number of carbonyl (C=O) groups excluding carboxylic acids is 2. The minimum Gasteiger partial charge on any atom is -0.480 e. The maximum atomic E-state index is 13.3. The van der Waals surface area contributed by atoms with Gasteiger partial charge in [-0.05, 0) is 69.2 Å². The van der Waals surface area contributed by atoms with Crippen LogP contribution >= 0.6 is 0 Å². The van der Waals surface area contributed by atoms with E-state index in [-0.39, 0.29) is 11.9 Å². The monoisotopic (exact) mass is 478 g/mol. The molecule has 0 aromatic rings. The third-order valence-electron chi connectivity index (χ3n) is 8.35. The number of carboxylic acid groups (broad SMARTS) is 1. The summed E-state index contributed by atoms with van der Waals surface area (Å²) in [5.74, 6) is 0.764. The van der Waals surface area contributed by atoms with Gasteiger partial charge in [-0.3, -0.25) is 4.79 Å². The Morgan fingerprint density at radius 2 is 1.50 bits per heavy atom. The summed E-state index contributed by atoms with van der Waals surface area (Å²) in [5.41, 5.74) is 5.50. The van der Waals surface area contributed by atoms with Crippen LogP contribution in [0.15, 0.2) is 0 Å². The third-order valence-corrected chi connectivity index (χ3v) is 8.35. The molecular formula is C26H46N4O4. The van der Waals surface area contributed by atoms with Crippen LogP contribution in [0.5, 0.6) is 0 Å². The molecule has 3 saturated carbocycles. The first kappa shape index (κ1) is 26.8. The van der Waals surface area contributed by atoms with Crippen molar-refractivity contribution in [2.45, 2.75) is 121 Å².